The summed E-state index contributed by atoms with van der Waals surface area (Å²) in [6.45, 7) is 0. The third-order valence-corrected chi connectivity index (χ3v) is 4.06. The Morgan fingerprint density at radius 3 is 2.58 bits per heavy atom. The molecule has 0 aliphatic carbocycles. The lowest BCUT2D eigenvalue weighted by atomic mass is 10.2. The second-order valence-corrected chi connectivity index (χ2v) is 5.53. The number of carboxylic acid groups (broad SMARTS) is 1. The van der Waals surface area contributed by atoms with Gasteiger partial charge in [-0.1, -0.05) is 17.8 Å². The van der Waals surface area contributed by atoms with Crippen LogP contribution in [0.25, 0.3) is 0 Å². The van der Waals surface area contributed by atoms with Gasteiger partial charge in [-0.15, -0.1) is 0 Å². The molecule has 0 aliphatic rings. The van der Waals surface area contributed by atoms with Gasteiger partial charge in [0.2, 0.25) is 0 Å². The second kappa shape index (κ2) is 5.71. The van der Waals surface area contributed by atoms with Crippen molar-refractivity contribution in [3.63, 3.8) is 0 Å². The number of carboxylic acids is 1. The van der Waals surface area contributed by atoms with E-state index in [4.69, 9.17) is 5.11 Å². The maximum atomic E-state index is 13.5. The topological polar surface area (TPSA) is 37.3 Å². The van der Waals surface area contributed by atoms with E-state index in [0.29, 0.717) is 9.37 Å². The van der Waals surface area contributed by atoms with Gasteiger partial charge in [-0.25, -0.2) is 13.6 Å². The molecule has 0 spiro atoms. The van der Waals surface area contributed by atoms with Crippen molar-refractivity contribution in [2.45, 2.75) is 9.79 Å². The SMILES string of the molecule is O=C(O)c1c(Br)cccc1Sc1cc(F)ccc1F. The standard InChI is InChI=1S/C13H7BrF2O2S/c14-8-2-1-3-10(12(8)13(17)18)19-11-6-7(15)4-5-9(11)16/h1-6H,(H,17,18). The van der Waals surface area contributed by atoms with Gasteiger partial charge in [-0.2, -0.15) is 0 Å². The molecule has 2 aromatic rings. The molecule has 0 bridgehead atoms. The van der Waals surface area contributed by atoms with E-state index in [9.17, 15) is 13.6 Å². The molecule has 2 nitrogen and oxygen atoms in total. The fourth-order valence-electron chi connectivity index (χ4n) is 1.47. The minimum atomic E-state index is -1.13. The number of aromatic carboxylic acids is 1. The molecule has 19 heavy (non-hydrogen) atoms. The van der Waals surface area contributed by atoms with E-state index in [1.54, 1.807) is 18.2 Å². The summed E-state index contributed by atoms with van der Waals surface area (Å²) >= 11 is 4.00. The predicted octanol–water partition coefficient (Wildman–Crippen LogP) is 4.58. The van der Waals surface area contributed by atoms with E-state index >= 15 is 0 Å². The molecule has 0 unspecified atom stereocenters. The first-order valence-electron chi connectivity index (χ1n) is 5.13. The van der Waals surface area contributed by atoms with Crippen molar-refractivity contribution in [2.75, 3.05) is 0 Å². The van der Waals surface area contributed by atoms with Crippen molar-refractivity contribution in [2.24, 2.45) is 0 Å². The molecular weight excluding hydrogens is 338 g/mol. The molecule has 0 amide bonds. The van der Waals surface area contributed by atoms with Gasteiger partial charge < -0.3 is 5.11 Å². The van der Waals surface area contributed by atoms with Gasteiger partial charge in [0.15, 0.2) is 0 Å². The third-order valence-electron chi connectivity index (χ3n) is 2.30. The first-order chi connectivity index (χ1) is 8.99. The first-order valence-corrected chi connectivity index (χ1v) is 6.74. The second-order valence-electron chi connectivity index (χ2n) is 3.59. The highest BCUT2D eigenvalue weighted by Gasteiger charge is 2.16. The zero-order chi connectivity index (χ0) is 14.0. The fourth-order valence-corrected chi connectivity index (χ4v) is 3.16. The molecule has 0 saturated heterocycles. The lowest BCUT2D eigenvalue weighted by Gasteiger charge is -2.08. The Morgan fingerprint density at radius 1 is 1.16 bits per heavy atom. The number of benzene rings is 2. The normalized spacial score (nSPS) is 10.5. The number of halogens is 3. The summed E-state index contributed by atoms with van der Waals surface area (Å²) in [5, 5.41) is 9.14. The lowest BCUT2D eigenvalue weighted by molar-refractivity contribution is 0.0692. The molecule has 0 aromatic heterocycles. The first kappa shape index (κ1) is 14.0. The molecule has 1 N–H and O–H groups in total. The highest BCUT2D eigenvalue weighted by Crippen LogP contribution is 2.35. The summed E-state index contributed by atoms with van der Waals surface area (Å²) in [6, 6.07) is 7.82. The van der Waals surface area contributed by atoms with Crippen LogP contribution in [0.1, 0.15) is 10.4 Å². The van der Waals surface area contributed by atoms with Gasteiger partial charge in [0.05, 0.1) is 10.5 Å². The fraction of sp³-hybridized carbons (Fsp3) is 0. The molecule has 0 heterocycles. The van der Waals surface area contributed by atoms with Crippen LogP contribution >= 0.6 is 27.7 Å². The monoisotopic (exact) mass is 344 g/mol. The molecule has 6 heteroatoms. The van der Waals surface area contributed by atoms with Gasteiger partial charge in [0.1, 0.15) is 11.6 Å². The van der Waals surface area contributed by atoms with Crippen LogP contribution in [0.2, 0.25) is 0 Å². The molecule has 98 valence electrons. The molecule has 2 rings (SSSR count). The van der Waals surface area contributed by atoms with Crippen LogP contribution in [0, 0.1) is 11.6 Å². The predicted molar refractivity (Wildman–Crippen MR) is 71.6 cm³/mol. The lowest BCUT2D eigenvalue weighted by Crippen LogP contribution is -2.00. The van der Waals surface area contributed by atoms with E-state index in [1.165, 1.54) is 0 Å². The minimum Gasteiger partial charge on any atom is -0.478 e. The van der Waals surface area contributed by atoms with Crippen LogP contribution in [0.5, 0.6) is 0 Å². The van der Waals surface area contributed by atoms with Crippen LogP contribution < -0.4 is 0 Å². The Labute approximate surface area is 120 Å². The van der Waals surface area contributed by atoms with Crippen molar-refractivity contribution in [3.05, 3.63) is 58.1 Å². The van der Waals surface area contributed by atoms with Crippen LogP contribution in [0.3, 0.4) is 0 Å². The van der Waals surface area contributed by atoms with Gasteiger partial charge >= 0.3 is 5.97 Å². The highest BCUT2D eigenvalue weighted by atomic mass is 79.9. The zero-order valence-electron chi connectivity index (χ0n) is 9.36. The number of hydrogen-bond donors (Lipinski definition) is 1. The largest absolute Gasteiger partial charge is 0.478 e. The smallest absolute Gasteiger partial charge is 0.338 e. The average Bonchev–Trinajstić information content (AvgIpc) is 2.33. The summed E-state index contributed by atoms with van der Waals surface area (Å²) < 4.78 is 27.0. The summed E-state index contributed by atoms with van der Waals surface area (Å²) in [4.78, 5) is 11.6. The Kier molecular flexibility index (Phi) is 4.21. The van der Waals surface area contributed by atoms with E-state index in [-0.39, 0.29) is 10.5 Å². The Hall–Kier alpha value is -1.40. The maximum Gasteiger partial charge on any atom is 0.338 e. The van der Waals surface area contributed by atoms with Gasteiger partial charge in [0.25, 0.3) is 0 Å². The quantitative estimate of drug-likeness (QED) is 0.885. The van der Waals surface area contributed by atoms with Gasteiger partial charge in [0, 0.05) is 9.37 Å². The number of carbonyl (C=O) groups is 1. The van der Waals surface area contributed by atoms with Crippen molar-refractivity contribution in [3.8, 4) is 0 Å². The van der Waals surface area contributed by atoms with Crippen molar-refractivity contribution < 1.29 is 18.7 Å². The summed E-state index contributed by atoms with van der Waals surface area (Å²) in [6.07, 6.45) is 0. The molecular formula is C13H7BrF2O2S. The van der Waals surface area contributed by atoms with Gasteiger partial charge in [-0.05, 0) is 46.3 Å². The average molecular weight is 345 g/mol. The van der Waals surface area contributed by atoms with Crippen molar-refractivity contribution in [1.82, 2.24) is 0 Å². The summed E-state index contributed by atoms with van der Waals surface area (Å²) in [5.74, 6) is -2.30. The maximum absolute atomic E-state index is 13.5. The molecule has 2 aromatic carbocycles. The van der Waals surface area contributed by atoms with E-state index < -0.39 is 17.6 Å². The minimum absolute atomic E-state index is 0.0242. The number of hydrogen-bond acceptors (Lipinski definition) is 2. The van der Waals surface area contributed by atoms with E-state index in [1.807, 2.05) is 0 Å². The molecule has 0 atom stereocenters. The van der Waals surface area contributed by atoms with E-state index in [2.05, 4.69) is 15.9 Å². The summed E-state index contributed by atoms with van der Waals surface area (Å²) in [5.41, 5.74) is 0.0242. The Balaban J connectivity index is 2.46. The molecule has 0 aliphatic heterocycles. The van der Waals surface area contributed by atoms with Crippen LogP contribution in [0.4, 0.5) is 8.78 Å². The molecule has 0 fully saturated rings. The number of rotatable bonds is 3. The molecule has 0 radical (unpaired) electrons. The highest BCUT2D eigenvalue weighted by molar-refractivity contribution is 9.10. The van der Waals surface area contributed by atoms with Crippen LogP contribution in [-0.2, 0) is 0 Å². The summed E-state index contributed by atoms with van der Waals surface area (Å²) in [7, 11) is 0. The van der Waals surface area contributed by atoms with Crippen molar-refractivity contribution in [1.29, 1.82) is 0 Å². The molecule has 0 saturated carbocycles. The Morgan fingerprint density at radius 2 is 1.89 bits per heavy atom. The third kappa shape index (κ3) is 3.13. The van der Waals surface area contributed by atoms with Crippen LogP contribution in [0.15, 0.2) is 50.7 Å². The Bertz CT molecular complexity index is 647. The zero-order valence-corrected chi connectivity index (χ0v) is 11.8. The van der Waals surface area contributed by atoms with Crippen LogP contribution in [-0.4, -0.2) is 11.1 Å². The van der Waals surface area contributed by atoms with E-state index in [0.717, 1.165) is 30.0 Å². The van der Waals surface area contributed by atoms with Crippen molar-refractivity contribution >= 4 is 33.7 Å². The van der Waals surface area contributed by atoms with Gasteiger partial charge in [-0.3, -0.25) is 0 Å².